The molecular weight excluding hydrogens is 436 g/mol. The van der Waals surface area contributed by atoms with Gasteiger partial charge >= 0.3 is 0 Å². The Morgan fingerprint density at radius 3 is 2.66 bits per heavy atom. The largest absolute Gasteiger partial charge is 0.324 e. The van der Waals surface area contributed by atoms with Crippen molar-refractivity contribution in [2.24, 2.45) is 0 Å². The Hall–Kier alpha value is -2.68. The molecule has 2 aromatic heterocycles. The number of anilines is 1. The predicted molar refractivity (Wildman–Crippen MR) is 112 cm³/mol. The van der Waals surface area contributed by atoms with Crippen molar-refractivity contribution in [3.05, 3.63) is 70.5 Å². The summed E-state index contributed by atoms with van der Waals surface area (Å²) in [6.07, 6.45) is 0. The summed E-state index contributed by atoms with van der Waals surface area (Å²) >= 11 is 13.2. The summed E-state index contributed by atoms with van der Waals surface area (Å²) in [5.41, 5.74) is 1.68. The zero-order valence-corrected chi connectivity index (χ0v) is 17.0. The van der Waals surface area contributed by atoms with Crippen molar-refractivity contribution in [2.75, 3.05) is 11.1 Å². The summed E-state index contributed by atoms with van der Waals surface area (Å²) in [5, 5.41) is 16.9. The van der Waals surface area contributed by atoms with Gasteiger partial charge in [0.25, 0.3) is 0 Å². The average molecular weight is 448 g/mol. The van der Waals surface area contributed by atoms with Crippen LogP contribution in [-0.2, 0) is 4.79 Å². The number of rotatable bonds is 5. The first kappa shape index (κ1) is 19.6. The molecule has 10 heteroatoms. The van der Waals surface area contributed by atoms with Gasteiger partial charge in [0, 0.05) is 10.6 Å². The minimum absolute atomic E-state index is 0.120. The molecule has 0 fully saturated rings. The Labute approximate surface area is 179 Å². The number of aromatic nitrogens is 4. The highest BCUT2D eigenvalue weighted by atomic mass is 35.5. The topological polar surface area (TPSA) is 72.2 Å². The van der Waals surface area contributed by atoms with Crippen LogP contribution in [0.1, 0.15) is 0 Å². The van der Waals surface area contributed by atoms with Crippen molar-refractivity contribution in [1.82, 2.24) is 19.8 Å². The molecule has 0 saturated carbocycles. The second-order valence-corrected chi connectivity index (χ2v) is 7.77. The summed E-state index contributed by atoms with van der Waals surface area (Å²) in [6.45, 7) is 0. The molecule has 0 radical (unpaired) electrons. The van der Waals surface area contributed by atoms with E-state index >= 15 is 0 Å². The lowest BCUT2D eigenvalue weighted by Gasteiger charge is -2.07. The zero-order chi connectivity index (χ0) is 20.4. The highest BCUT2D eigenvalue weighted by molar-refractivity contribution is 7.99. The molecular formula is C19H12Cl2FN5OS. The molecule has 6 nitrogen and oxygen atoms in total. The van der Waals surface area contributed by atoms with Gasteiger partial charge in [0.15, 0.2) is 11.5 Å². The van der Waals surface area contributed by atoms with Gasteiger partial charge in [0.1, 0.15) is 10.8 Å². The maximum atomic E-state index is 13.2. The average Bonchev–Trinajstić information content (AvgIpc) is 3.13. The van der Waals surface area contributed by atoms with Gasteiger partial charge in [-0.1, -0.05) is 35.0 Å². The first-order valence-electron chi connectivity index (χ1n) is 8.36. The molecule has 29 heavy (non-hydrogen) atoms. The van der Waals surface area contributed by atoms with E-state index in [9.17, 15) is 9.18 Å². The van der Waals surface area contributed by atoms with Crippen LogP contribution in [0.4, 0.5) is 10.1 Å². The molecule has 2 aromatic carbocycles. The van der Waals surface area contributed by atoms with Gasteiger partial charge in [0.05, 0.1) is 16.5 Å². The number of thioether (sulfide) groups is 1. The Morgan fingerprint density at radius 1 is 1.07 bits per heavy atom. The highest BCUT2D eigenvalue weighted by Gasteiger charge is 2.12. The summed E-state index contributed by atoms with van der Waals surface area (Å²) in [6, 6.07) is 14.3. The van der Waals surface area contributed by atoms with E-state index in [4.69, 9.17) is 23.2 Å². The van der Waals surface area contributed by atoms with Gasteiger partial charge < -0.3 is 5.32 Å². The third kappa shape index (κ3) is 4.50. The van der Waals surface area contributed by atoms with Crippen LogP contribution in [0.2, 0.25) is 10.0 Å². The Bertz CT molecular complexity index is 1200. The molecule has 0 aliphatic carbocycles. The quantitative estimate of drug-likeness (QED) is 0.437. The molecule has 0 atom stereocenters. The Balaban J connectivity index is 1.49. The molecule has 4 aromatic rings. The molecule has 1 amide bonds. The van der Waals surface area contributed by atoms with Crippen LogP contribution < -0.4 is 5.32 Å². The standard InChI is InChI=1S/C19H12Cl2FN5OS/c20-12-3-6-14(21)15(9-12)23-17(28)10-29-18-8-7-16-24-25-19(27(16)26-18)11-1-4-13(22)5-2-11/h1-9H,10H2,(H,23,28). The van der Waals surface area contributed by atoms with Gasteiger partial charge in [-0.15, -0.1) is 10.2 Å². The molecule has 2 heterocycles. The molecule has 1 N–H and O–H groups in total. The van der Waals surface area contributed by atoms with Crippen LogP contribution in [0.3, 0.4) is 0 Å². The van der Waals surface area contributed by atoms with Crippen molar-refractivity contribution in [3.8, 4) is 11.4 Å². The van der Waals surface area contributed by atoms with Crippen molar-refractivity contribution in [1.29, 1.82) is 0 Å². The molecule has 0 saturated heterocycles. The summed E-state index contributed by atoms with van der Waals surface area (Å²) in [5.74, 6) is 0.0220. The van der Waals surface area contributed by atoms with E-state index in [-0.39, 0.29) is 17.5 Å². The number of carbonyl (C=O) groups excluding carboxylic acids is 1. The number of hydrogen-bond acceptors (Lipinski definition) is 5. The number of amides is 1. The van der Waals surface area contributed by atoms with Gasteiger partial charge in [-0.2, -0.15) is 9.61 Å². The van der Waals surface area contributed by atoms with Crippen LogP contribution in [0.5, 0.6) is 0 Å². The predicted octanol–water partition coefficient (Wildman–Crippen LogP) is 4.97. The van der Waals surface area contributed by atoms with E-state index in [0.717, 1.165) is 0 Å². The van der Waals surface area contributed by atoms with E-state index in [1.54, 1.807) is 47.0 Å². The second-order valence-electron chi connectivity index (χ2n) is 5.93. The molecule has 0 unspecified atom stereocenters. The van der Waals surface area contributed by atoms with Crippen molar-refractivity contribution in [2.45, 2.75) is 5.03 Å². The smallest absolute Gasteiger partial charge is 0.234 e. The third-order valence-corrected chi connectivity index (χ3v) is 5.38. The van der Waals surface area contributed by atoms with Crippen LogP contribution in [0.15, 0.2) is 59.6 Å². The number of nitrogens with zero attached hydrogens (tertiary/aromatic N) is 4. The fourth-order valence-corrected chi connectivity index (χ4v) is 3.54. The van der Waals surface area contributed by atoms with E-state index in [2.05, 4.69) is 20.6 Å². The molecule has 146 valence electrons. The number of benzene rings is 2. The van der Waals surface area contributed by atoms with Gasteiger partial charge in [-0.3, -0.25) is 4.79 Å². The number of hydrogen-bond donors (Lipinski definition) is 1. The zero-order valence-electron chi connectivity index (χ0n) is 14.6. The van der Waals surface area contributed by atoms with Gasteiger partial charge in [0.2, 0.25) is 5.91 Å². The van der Waals surface area contributed by atoms with Crippen LogP contribution in [0, 0.1) is 5.82 Å². The van der Waals surface area contributed by atoms with Crippen molar-refractivity contribution >= 4 is 52.2 Å². The lowest BCUT2D eigenvalue weighted by atomic mass is 10.2. The van der Waals surface area contributed by atoms with Crippen LogP contribution >= 0.6 is 35.0 Å². The fourth-order valence-electron chi connectivity index (χ4n) is 2.55. The third-order valence-electron chi connectivity index (χ3n) is 3.89. The summed E-state index contributed by atoms with van der Waals surface area (Å²) in [4.78, 5) is 12.3. The monoisotopic (exact) mass is 447 g/mol. The normalized spacial score (nSPS) is 11.0. The maximum absolute atomic E-state index is 13.2. The molecule has 0 aliphatic heterocycles. The lowest BCUT2D eigenvalue weighted by Crippen LogP contribution is -2.14. The Morgan fingerprint density at radius 2 is 1.86 bits per heavy atom. The Kier molecular flexibility index (Phi) is 5.66. The lowest BCUT2D eigenvalue weighted by molar-refractivity contribution is -0.113. The highest BCUT2D eigenvalue weighted by Crippen LogP contribution is 2.26. The number of fused-ring (bicyclic) bond motifs is 1. The van der Waals surface area contributed by atoms with Gasteiger partial charge in [-0.25, -0.2) is 4.39 Å². The summed E-state index contributed by atoms with van der Waals surface area (Å²) < 4.78 is 14.7. The maximum Gasteiger partial charge on any atom is 0.234 e. The fraction of sp³-hybridized carbons (Fsp3) is 0.0526. The SMILES string of the molecule is O=C(CSc1ccc2nnc(-c3ccc(F)cc3)n2n1)Nc1cc(Cl)ccc1Cl. The summed E-state index contributed by atoms with van der Waals surface area (Å²) in [7, 11) is 0. The first-order valence-corrected chi connectivity index (χ1v) is 10.1. The van der Waals surface area contributed by atoms with E-state index < -0.39 is 0 Å². The minimum Gasteiger partial charge on any atom is -0.324 e. The van der Waals surface area contributed by atoms with E-state index in [0.29, 0.717) is 37.8 Å². The number of nitrogens with one attached hydrogen (secondary N) is 1. The van der Waals surface area contributed by atoms with E-state index in [1.807, 2.05) is 0 Å². The molecule has 0 spiro atoms. The molecule has 0 bridgehead atoms. The number of carbonyl (C=O) groups is 1. The van der Waals surface area contributed by atoms with E-state index in [1.165, 1.54) is 23.9 Å². The minimum atomic E-state index is -0.336. The molecule has 0 aliphatic rings. The van der Waals surface area contributed by atoms with Crippen molar-refractivity contribution in [3.63, 3.8) is 0 Å². The second kappa shape index (κ2) is 8.36. The van der Waals surface area contributed by atoms with Crippen LogP contribution in [0.25, 0.3) is 17.0 Å². The molecule has 4 rings (SSSR count). The first-order chi connectivity index (χ1) is 14.0. The van der Waals surface area contributed by atoms with Crippen LogP contribution in [-0.4, -0.2) is 31.5 Å². The van der Waals surface area contributed by atoms with Crippen molar-refractivity contribution < 1.29 is 9.18 Å². The van der Waals surface area contributed by atoms with Gasteiger partial charge in [-0.05, 0) is 54.6 Å². The number of halogens is 3.